The number of nitrogens with zero attached hydrogens (tertiary/aromatic N) is 3. The van der Waals surface area contributed by atoms with Crippen molar-refractivity contribution in [1.82, 2.24) is 15.2 Å². The maximum Gasteiger partial charge on any atom is 0.244 e. The quantitative estimate of drug-likeness (QED) is 0.612. The van der Waals surface area contributed by atoms with Crippen LogP contribution in [0.1, 0.15) is 12.5 Å². The van der Waals surface area contributed by atoms with Crippen molar-refractivity contribution in [3.63, 3.8) is 0 Å². The lowest BCUT2D eigenvalue weighted by Crippen LogP contribution is -2.07. The van der Waals surface area contributed by atoms with Crippen molar-refractivity contribution >= 4 is 40.6 Å². The minimum absolute atomic E-state index is 0.111. The summed E-state index contributed by atoms with van der Waals surface area (Å²) in [5, 5.41) is 17.6. The molecule has 2 aromatic carbocycles. The number of hydrogen-bond donors (Lipinski definition) is 3. The van der Waals surface area contributed by atoms with Crippen LogP contribution < -0.4 is 16.0 Å². The van der Waals surface area contributed by atoms with E-state index in [1.54, 1.807) is 12.1 Å². The number of carbonyl (C=O) groups excluding carboxylic acids is 1. The molecule has 0 aliphatic carbocycles. The van der Waals surface area contributed by atoms with E-state index in [0.717, 1.165) is 16.9 Å². The standard InChI is InChI=1S/C18H17ClN6O/c1-12(26)22-14-6-8-15(9-7-14)23-17-11-21-25-18(24-17)20-10-13-4-2-3-5-16(13)19/h2-9,11H,10H2,1H3,(H,22,26)(H2,20,23,24,25). The number of aromatic nitrogens is 3. The second-order valence-electron chi connectivity index (χ2n) is 5.49. The summed E-state index contributed by atoms with van der Waals surface area (Å²) < 4.78 is 0. The largest absolute Gasteiger partial charge is 0.349 e. The fraction of sp³-hybridized carbons (Fsp3) is 0.111. The molecule has 1 aromatic heterocycles. The number of anilines is 4. The molecule has 0 saturated heterocycles. The Hall–Kier alpha value is -3.19. The van der Waals surface area contributed by atoms with Gasteiger partial charge in [0.05, 0.1) is 6.20 Å². The second-order valence-corrected chi connectivity index (χ2v) is 5.90. The Bertz CT molecular complexity index is 900. The molecule has 3 N–H and O–H groups in total. The molecule has 1 amide bonds. The molecule has 0 fully saturated rings. The number of hydrogen-bond acceptors (Lipinski definition) is 6. The molecule has 0 aliphatic heterocycles. The van der Waals surface area contributed by atoms with Crippen LogP contribution in [0.5, 0.6) is 0 Å². The van der Waals surface area contributed by atoms with Crippen LogP contribution in [0.25, 0.3) is 0 Å². The van der Waals surface area contributed by atoms with Gasteiger partial charge in [-0.1, -0.05) is 29.8 Å². The van der Waals surface area contributed by atoms with Gasteiger partial charge in [-0.2, -0.15) is 10.1 Å². The number of carbonyl (C=O) groups is 1. The smallest absolute Gasteiger partial charge is 0.244 e. The highest BCUT2D eigenvalue weighted by Crippen LogP contribution is 2.19. The molecule has 3 aromatic rings. The zero-order valence-corrected chi connectivity index (χ0v) is 14.8. The normalized spacial score (nSPS) is 10.2. The fourth-order valence-electron chi connectivity index (χ4n) is 2.24. The molecule has 8 heteroatoms. The Labute approximate surface area is 155 Å². The zero-order chi connectivity index (χ0) is 18.4. The number of nitrogens with one attached hydrogen (secondary N) is 3. The Morgan fingerprint density at radius 1 is 1.08 bits per heavy atom. The van der Waals surface area contributed by atoms with E-state index in [1.165, 1.54) is 13.1 Å². The fourth-order valence-corrected chi connectivity index (χ4v) is 2.45. The summed E-state index contributed by atoms with van der Waals surface area (Å²) in [6.07, 6.45) is 1.53. The molecule has 0 saturated carbocycles. The van der Waals surface area contributed by atoms with Gasteiger partial charge in [0, 0.05) is 29.9 Å². The molecule has 0 bridgehead atoms. The summed E-state index contributed by atoms with van der Waals surface area (Å²) in [4.78, 5) is 15.4. The average Bonchev–Trinajstić information content (AvgIpc) is 2.63. The topological polar surface area (TPSA) is 91.8 Å². The monoisotopic (exact) mass is 368 g/mol. The lowest BCUT2D eigenvalue weighted by Gasteiger charge is -2.09. The predicted molar refractivity (Wildman–Crippen MR) is 103 cm³/mol. The van der Waals surface area contributed by atoms with Crippen molar-refractivity contribution in [3.05, 3.63) is 65.3 Å². The molecule has 3 rings (SSSR count). The third kappa shape index (κ3) is 4.90. The van der Waals surface area contributed by atoms with Crippen LogP contribution in [0.2, 0.25) is 5.02 Å². The molecular weight excluding hydrogens is 352 g/mol. The molecule has 0 aliphatic rings. The Morgan fingerprint density at radius 2 is 1.81 bits per heavy atom. The van der Waals surface area contributed by atoms with Crippen LogP contribution in [0, 0.1) is 0 Å². The second kappa shape index (κ2) is 8.26. The van der Waals surface area contributed by atoms with E-state index in [0.29, 0.717) is 23.3 Å². The van der Waals surface area contributed by atoms with Crippen molar-refractivity contribution in [2.45, 2.75) is 13.5 Å². The molecule has 7 nitrogen and oxygen atoms in total. The maximum atomic E-state index is 11.0. The molecule has 0 unspecified atom stereocenters. The van der Waals surface area contributed by atoms with Gasteiger partial charge in [0.15, 0.2) is 5.82 Å². The molecule has 1 heterocycles. The highest BCUT2D eigenvalue weighted by atomic mass is 35.5. The predicted octanol–water partition coefficient (Wildman–Crippen LogP) is 3.84. The summed E-state index contributed by atoms with van der Waals surface area (Å²) >= 11 is 6.14. The van der Waals surface area contributed by atoms with Gasteiger partial charge in [-0.05, 0) is 35.9 Å². The van der Waals surface area contributed by atoms with Crippen LogP contribution in [-0.4, -0.2) is 21.1 Å². The summed E-state index contributed by atoms with van der Waals surface area (Å²) in [5.74, 6) is 0.832. The third-order valence-corrected chi connectivity index (χ3v) is 3.80. The van der Waals surface area contributed by atoms with E-state index in [-0.39, 0.29) is 5.91 Å². The highest BCUT2D eigenvalue weighted by molar-refractivity contribution is 6.31. The Balaban J connectivity index is 1.63. The maximum absolute atomic E-state index is 11.0. The molecule has 26 heavy (non-hydrogen) atoms. The van der Waals surface area contributed by atoms with Gasteiger partial charge in [-0.3, -0.25) is 4.79 Å². The molecular formula is C18H17ClN6O. The van der Waals surface area contributed by atoms with Crippen molar-refractivity contribution in [2.24, 2.45) is 0 Å². The first-order valence-corrected chi connectivity index (χ1v) is 8.29. The van der Waals surface area contributed by atoms with E-state index in [1.807, 2.05) is 36.4 Å². The average molecular weight is 369 g/mol. The Morgan fingerprint density at radius 3 is 2.54 bits per heavy atom. The van der Waals surface area contributed by atoms with Crippen LogP contribution in [0.15, 0.2) is 54.7 Å². The first-order valence-electron chi connectivity index (χ1n) is 7.92. The lowest BCUT2D eigenvalue weighted by molar-refractivity contribution is -0.114. The van der Waals surface area contributed by atoms with E-state index >= 15 is 0 Å². The van der Waals surface area contributed by atoms with Crippen molar-refractivity contribution in [3.8, 4) is 0 Å². The first kappa shape index (κ1) is 17.6. The highest BCUT2D eigenvalue weighted by Gasteiger charge is 2.04. The minimum Gasteiger partial charge on any atom is -0.349 e. The van der Waals surface area contributed by atoms with Gasteiger partial charge >= 0.3 is 0 Å². The molecule has 132 valence electrons. The van der Waals surface area contributed by atoms with Gasteiger partial charge in [-0.15, -0.1) is 5.10 Å². The summed E-state index contributed by atoms with van der Waals surface area (Å²) in [7, 11) is 0. The van der Waals surface area contributed by atoms with Crippen molar-refractivity contribution in [1.29, 1.82) is 0 Å². The van der Waals surface area contributed by atoms with Gasteiger partial charge in [0.1, 0.15) is 0 Å². The van der Waals surface area contributed by atoms with Crippen LogP contribution in [-0.2, 0) is 11.3 Å². The first-order chi connectivity index (χ1) is 12.6. The van der Waals surface area contributed by atoms with Crippen molar-refractivity contribution < 1.29 is 4.79 Å². The van der Waals surface area contributed by atoms with Crippen molar-refractivity contribution in [2.75, 3.05) is 16.0 Å². The summed E-state index contributed by atoms with van der Waals surface area (Å²) in [6, 6.07) is 14.8. The van der Waals surface area contributed by atoms with Crippen LogP contribution in [0.3, 0.4) is 0 Å². The zero-order valence-electron chi connectivity index (χ0n) is 14.0. The van der Waals surface area contributed by atoms with Gasteiger partial charge < -0.3 is 16.0 Å². The van der Waals surface area contributed by atoms with E-state index in [2.05, 4.69) is 31.1 Å². The van der Waals surface area contributed by atoms with Crippen LogP contribution >= 0.6 is 11.6 Å². The van der Waals surface area contributed by atoms with E-state index < -0.39 is 0 Å². The molecule has 0 radical (unpaired) electrons. The Kier molecular flexibility index (Phi) is 5.60. The van der Waals surface area contributed by atoms with Gasteiger partial charge in [0.25, 0.3) is 0 Å². The van der Waals surface area contributed by atoms with E-state index in [9.17, 15) is 4.79 Å². The number of benzene rings is 2. The lowest BCUT2D eigenvalue weighted by atomic mass is 10.2. The van der Waals surface area contributed by atoms with Crippen LogP contribution in [0.4, 0.5) is 23.1 Å². The number of halogens is 1. The third-order valence-electron chi connectivity index (χ3n) is 3.43. The number of rotatable bonds is 6. The van der Waals surface area contributed by atoms with E-state index in [4.69, 9.17) is 11.6 Å². The summed E-state index contributed by atoms with van der Waals surface area (Å²) in [5.41, 5.74) is 2.49. The molecule has 0 atom stereocenters. The van der Waals surface area contributed by atoms with Gasteiger partial charge in [-0.25, -0.2) is 0 Å². The van der Waals surface area contributed by atoms with Gasteiger partial charge in [0.2, 0.25) is 11.9 Å². The SMILES string of the molecule is CC(=O)Nc1ccc(Nc2cnnc(NCc3ccccc3Cl)n2)cc1. The minimum atomic E-state index is -0.111. The molecule has 0 spiro atoms. The summed E-state index contributed by atoms with van der Waals surface area (Å²) in [6.45, 7) is 1.96. The number of amides is 1.